The van der Waals surface area contributed by atoms with Gasteiger partial charge >= 0.3 is 5.69 Å². The van der Waals surface area contributed by atoms with Crippen LogP contribution in [0.5, 0.6) is 0 Å². The molecule has 0 amide bonds. The number of fused-ring (bicyclic) bond motifs is 1. The van der Waals surface area contributed by atoms with Crippen LogP contribution in [0, 0.1) is 5.92 Å². The van der Waals surface area contributed by atoms with E-state index in [2.05, 4.69) is 55.5 Å². The molecule has 1 atom stereocenters. The first kappa shape index (κ1) is 29.3. The van der Waals surface area contributed by atoms with Crippen LogP contribution in [0.3, 0.4) is 0 Å². The summed E-state index contributed by atoms with van der Waals surface area (Å²) in [4.78, 5) is 33.8. The quantitative estimate of drug-likeness (QED) is 0.201. The Labute approximate surface area is 272 Å². The van der Waals surface area contributed by atoms with E-state index in [1.54, 1.807) is 4.57 Å². The number of aromatic nitrogens is 8. The van der Waals surface area contributed by atoms with Crippen LogP contribution >= 0.6 is 0 Å². The predicted molar refractivity (Wildman–Crippen MR) is 181 cm³/mol. The van der Waals surface area contributed by atoms with Gasteiger partial charge in [0.15, 0.2) is 11.2 Å². The second-order valence-corrected chi connectivity index (χ2v) is 13.1. The molecule has 8 rings (SSSR count). The lowest BCUT2D eigenvalue weighted by Gasteiger charge is -2.22. The molecule has 10 nitrogen and oxygen atoms in total. The van der Waals surface area contributed by atoms with Gasteiger partial charge in [-0.05, 0) is 66.0 Å². The highest BCUT2D eigenvalue weighted by atomic mass is 16.2. The summed E-state index contributed by atoms with van der Waals surface area (Å²) in [6.07, 6.45) is 7.66. The number of H-pyrrole nitrogens is 1. The number of nitrogens with zero attached hydrogens (tertiary/aromatic N) is 7. The van der Waals surface area contributed by atoms with Crippen LogP contribution in [0.2, 0.25) is 0 Å². The summed E-state index contributed by atoms with van der Waals surface area (Å²) in [6, 6.07) is 26.2. The number of rotatable bonds is 9. The lowest BCUT2D eigenvalue weighted by atomic mass is 9.88. The van der Waals surface area contributed by atoms with Gasteiger partial charge in [-0.25, -0.2) is 9.78 Å². The Morgan fingerprint density at radius 2 is 1.55 bits per heavy atom. The van der Waals surface area contributed by atoms with Crippen molar-refractivity contribution in [3.05, 3.63) is 117 Å². The van der Waals surface area contributed by atoms with Gasteiger partial charge in [-0.15, -0.1) is 10.2 Å². The summed E-state index contributed by atoms with van der Waals surface area (Å²) in [7, 11) is 0. The minimum atomic E-state index is -0.279. The molecule has 1 N–H and O–H groups in total. The van der Waals surface area contributed by atoms with Crippen molar-refractivity contribution >= 4 is 11.2 Å². The van der Waals surface area contributed by atoms with E-state index < -0.39 is 0 Å². The molecule has 3 aromatic heterocycles. The number of hydrogen-bond donors (Lipinski definition) is 1. The summed E-state index contributed by atoms with van der Waals surface area (Å²) < 4.78 is 5.39. The van der Waals surface area contributed by atoms with Crippen molar-refractivity contribution in [3.63, 3.8) is 0 Å². The van der Waals surface area contributed by atoms with Crippen molar-refractivity contribution in [1.29, 1.82) is 0 Å². The highest BCUT2D eigenvalue weighted by Crippen LogP contribution is 2.35. The van der Waals surface area contributed by atoms with E-state index in [4.69, 9.17) is 4.98 Å². The molecule has 0 radical (unpaired) electrons. The van der Waals surface area contributed by atoms with Crippen molar-refractivity contribution < 1.29 is 0 Å². The van der Waals surface area contributed by atoms with E-state index in [0.29, 0.717) is 36.0 Å². The lowest BCUT2D eigenvalue weighted by Crippen LogP contribution is -2.42. The van der Waals surface area contributed by atoms with Crippen LogP contribution in [-0.4, -0.2) is 39.3 Å². The molecule has 2 fully saturated rings. The highest BCUT2D eigenvalue weighted by molar-refractivity contribution is 5.80. The van der Waals surface area contributed by atoms with Crippen molar-refractivity contribution in [2.75, 3.05) is 0 Å². The molecule has 0 saturated heterocycles. The maximum Gasteiger partial charge on any atom is 0.333 e. The Bertz CT molecular complexity index is 2140. The van der Waals surface area contributed by atoms with E-state index in [1.165, 1.54) is 11.0 Å². The molecule has 3 aromatic carbocycles. The smallest absolute Gasteiger partial charge is 0.317 e. The van der Waals surface area contributed by atoms with E-state index in [1.807, 2.05) is 55.5 Å². The van der Waals surface area contributed by atoms with Crippen molar-refractivity contribution in [2.24, 2.45) is 5.92 Å². The first-order valence-corrected chi connectivity index (χ1v) is 16.8. The molecule has 2 saturated carbocycles. The highest BCUT2D eigenvalue weighted by Gasteiger charge is 2.31. The van der Waals surface area contributed by atoms with Gasteiger partial charge in [0.05, 0.1) is 6.04 Å². The number of tetrazole rings is 1. The summed E-state index contributed by atoms with van der Waals surface area (Å²) in [6.45, 7) is 2.98. The van der Waals surface area contributed by atoms with Crippen LogP contribution in [0.15, 0.2) is 88.5 Å². The zero-order valence-electron chi connectivity index (χ0n) is 26.5. The fourth-order valence-corrected chi connectivity index (χ4v) is 7.23. The lowest BCUT2D eigenvalue weighted by molar-refractivity contribution is 0.419. The molecule has 10 heteroatoms. The third-order valence-corrected chi connectivity index (χ3v) is 9.99. The second kappa shape index (κ2) is 12.2. The summed E-state index contributed by atoms with van der Waals surface area (Å²) in [5.74, 6) is 2.07. The average Bonchev–Trinajstić information content (AvgIpc) is 3.62. The van der Waals surface area contributed by atoms with Gasteiger partial charge < -0.3 is 4.57 Å². The van der Waals surface area contributed by atoms with E-state index in [0.717, 1.165) is 72.2 Å². The number of nitrogens with one attached hydrogen (secondary N) is 1. The molecule has 3 heterocycles. The minimum absolute atomic E-state index is 0.228. The Morgan fingerprint density at radius 3 is 2.26 bits per heavy atom. The standard InChI is InChI=1S/C37H38N8O2/c1-24(27-10-4-2-5-11-27)45-35-32(36(46)44(37(45)47)23-25-16-17-25)43(34(38-35)29-12-6-3-7-13-29)22-26-18-20-28(21-19-26)30-14-8-9-15-31(30)33-39-41-42-40-33/h2,4-5,8-11,14-15,18-21,24-25,29H,3,6-7,12-13,16-17,22-23H2,1H3,(H,39,40,41,42). The van der Waals surface area contributed by atoms with Gasteiger partial charge in [0, 0.05) is 24.6 Å². The molecular formula is C37H38N8O2. The van der Waals surface area contributed by atoms with Crippen LogP contribution < -0.4 is 11.2 Å². The summed E-state index contributed by atoms with van der Waals surface area (Å²) in [5, 5.41) is 14.7. The molecule has 47 heavy (non-hydrogen) atoms. The Morgan fingerprint density at radius 1 is 0.830 bits per heavy atom. The van der Waals surface area contributed by atoms with Crippen LogP contribution in [-0.2, 0) is 13.1 Å². The Kier molecular flexibility index (Phi) is 7.63. The second-order valence-electron chi connectivity index (χ2n) is 13.1. The molecule has 6 aromatic rings. The molecule has 2 aliphatic rings. The van der Waals surface area contributed by atoms with Crippen LogP contribution in [0.25, 0.3) is 33.7 Å². The molecule has 0 spiro atoms. The largest absolute Gasteiger partial charge is 0.333 e. The third kappa shape index (κ3) is 5.51. The summed E-state index contributed by atoms with van der Waals surface area (Å²) in [5.41, 5.74) is 5.55. The topological polar surface area (TPSA) is 116 Å². The Hall–Kier alpha value is -5.12. The Balaban J connectivity index is 1.27. The van der Waals surface area contributed by atoms with Gasteiger partial charge in [-0.2, -0.15) is 5.21 Å². The van der Waals surface area contributed by atoms with Gasteiger partial charge in [0.1, 0.15) is 5.82 Å². The molecular weight excluding hydrogens is 588 g/mol. The van der Waals surface area contributed by atoms with Crippen molar-refractivity contribution in [2.45, 2.75) is 76.9 Å². The number of aromatic amines is 1. The molecule has 1 unspecified atom stereocenters. The van der Waals surface area contributed by atoms with E-state index >= 15 is 0 Å². The first-order chi connectivity index (χ1) is 23.1. The minimum Gasteiger partial charge on any atom is -0.317 e. The van der Waals surface area contributed by atoms with E-state index in [-0.39, 0.29) is 23.2 Å². The number of benzene rings is 3. The monoisotopic (exact) mass is 626 g/mol. The maximum absolute atomic E-state index is 14.4. The predicted octanol–water partition coefficient (Wildman–Crippen LogP) is 6.32. The zero-order valence-corrected chi connectivity index (χ0v) is 26.5. The molecule has 238 valence electrons. The molecule has 0 bridgehead atoms. The van der Waals surface area contributed by atoms with Crippen molar-refractivity contribution in [1.82, 2.24) is 39.3 Å². The number of imidazole rings is 1. The number of hydrogen-bond acceptors (Lipinski definition) is 6. The fourth-order valence-electron chi connectivity index (χ4n) is 7.23. The van der Waals surface area contributed by atoms with Gasteiger partial charge in [0.2, 0.25) is 5.82 Å². The third-order valence-electron chi connectivity index (χ3n) is 9.99. The fraction of sp³-hybridized carbons (Fsp3) is 0.351. The van der Waals surface area contributed by atoms with E-state index in [9.17, 15) is 9.59 Å². The molecule has 0 aliphatic heterocycles. The molecule has 2 aliphatic carbocycles. The first-order valence-electron chi connectivity index (χ1n) is 16.8. The van der Waals surface area contributed by atoms with Gasteiger partial charge in [0.25, 0.3) is 5.56 Å². The van der Waals surface area contributed by atoms with Gasteiger partial charge in [-0.3, -0.25) is 13.9 Å². The zero-order chi connectivity index (χ0) is 31.9. The maximum atomic E-state index is 14.4. The van der Waals surface area contributed by atoms with Crippen molar-refractivity contribution in [3.8, 4) is 22.5 Å². The van der Waals surface area contributed by atoms with Crippen LogP contribution in [0.4, 0.5) is 0 Å². The average molecular weight is 627 g/mol. The SMILES string of the molecule is CC(c1ccccc1)n1c(=O)n(CC2CC2)c(=O)c2c1nc(C1CCCCC1)n2Cc1ccc(-c2ccccc2-c2nn[nH]n2)cc1. The van der Waals surface area contributed by atoms with Crippen LogP contribution in [0.1, 0.15) is 80.8 Å². The summed E-state index contributed by atoms with van der Waals surface area (Å²) >= 11 is 0. The normalized spacial score (nSPS) is 16.1. The van der Waals surface area contributed by atoms with Gasteiger partial charge in [-0.1, -0.05) is 98.1 Å².